The van der Waals surface area contributed by atoms with Gasteiger partial charge in [0.05, 0.1) is 23.3 Å². The molecule has 1 atom stereocenters. The number of carbonyl (C=O) groups is 1. The summed E-state index contributed by atoms with van der Waals surface area (Å²) >= 11 is 1.62. The maximum Gasteiger partial charge on any atom is 0.269 e. The predicted molar refractivity (Wildman–Crippen MR) is 123 cm³/mol. The van der Waals surface area contributed by atoms with Gasteiger partial charge in [-0.1, -0.05) is 36.4 Å². The number of benzene rings is 2. The van der Waals surface area contributed by atoms with Crippen molar-refractivity contribution in [3.05, 3.63) is 98.1 Å². The fourth-order valence-corrected chi connectivity index (χ4v) is 5.14. The first kappa shape index (κ1) is 19.7. The number of amides is 1. The third kappa shape index (κ3) is 4.03. The zero-order valence-corrected chi connectivity index (χ0v) is 17.9. The molecule has 0 fully saturated rings. The molecular weight excluding hydrogens is 406 g/mol. The molecule has 1 amide bonds. The number of carbonyl (C=O) groups excluding carboxylic acids is 1. The molecule has 4 aromatic rings. The molecule has 0 saturated heterocycles. The molecule has 0 aliphatic heterocycles. The molecule has 0 bridgehead atoms. The van der Waals surface area contributed by atoms with Crippen LogP contribution >= 0.6 is 11.3 Å². The number of hydrogen-bond donors (Lipinski definition) is 1. The summed E-state index contributed by atoms with van der Waals surface area (Å²) in [5.41, 5.74) is 4.96. The summed E-state index contributed by atoms with van der Waals surface area (Å²) in [5, 5.41) is 5.20. The van der Waals surface area contributed by atoms with E-state index >= 15 is 0 Å². The lowest BCUT2D eigenvalue weighted by atomic mass is 9.89. The van der Waals surface area contributed by atoms with Crippen LogP contribution in [0.2, 0.25) is 0 Å². The highest BCUT2D eigenvalue weighted by atomic mass is 32.1. The highest BCUT2D eigenvalue weighted by Gasteiger charge is 2.21. The SMILES string of the molecule is O=C(Cn1c(=O)cnc2ccccc21)N[C@@H](c1ccc2c(c1)CCCC2)c1cccs1. The molecule has 5 nitrogen and oxygen atoms in total. The summed E-state index contributed by atoms with van der Waals surface area (Å²) in [6.45, 7) is -0.0469. The lowest BCUT2D eigenvalue weighted by Crippen LogP contribution is -2.35. The number of rotatable bonds is 5. The third-order valence-corrected chi connectivity index (χ3v) is 6.83. The van der Waals surface area contributed by atoms with Crippen LogP contribution in [0.1, 0.15) is 40.5 Å². The van der Waals surface area contributed by atoms with Crippen LogP contribution in [0.15, 0.2) is 71.0 Å². The molecule has 2 aromatic carbocycles. The van der Waals surface area contributed by atoms with Crippen molar-refractivity contribution >= 4 is 28.3 Å². The number of nitrogens with zero attached hydrogens (tertiary/aromatic N) is 2. The average molecular weight is 430 g/mol. The van der Waals surface area contributed by atoms with Gasteiger partial charge in [0.15, 0.2) is 0 Å². The number of nitrogens with one attached hydrogen (secondary N) is 1. The number of aromatic nitrogens is 2. The van der Waals surface area contributed by atoms with Gasteiger partial charge in [-0.3, -0.25) is 14.2 Å². The van der Waals surface area contributed by atoms with Crippen molar-refractivity contribution in [3.63, 3.8) is 0 Å². The largest absolute Gasteiger partial charge is 0.343 e. The molecule has 156 valence electrons. The molecule has 6 heteroatoms. The molecule has 0 saturated carbocycles. The number of para-hydroxylation sites is 2. The van der Waals surface area contributed by atoms with Gasteiger partial charge in [-0.15, -0.1) is 11.3 Å². The van der Waals surface area contributed by atoms with Crippen LogP contribution in [-0.2, 0) is 24.2 Å². The van der Waals surface area contributed by atoms with Crippen LogP contribution in [0, 0.1) is 0 Å². The van der Waals surface area contributed by atoms with Gasteiger partial charge in [0.2, 0.25) is 5.91 Å². The van der Waals surface area contributed by atoms with Gasteiger partial charge in [0.25, 0.3) is 5.56 Å². The minimum absolute atomic E-state index is 0.0469. The maximum atomic E-state index is 13.1. The van der Waals surface area contributed by atoms with E-state index in [2.05, 4.69) is 28.5 Å². The highest BCUT2D eigenvalue weighted by molar-refractivity contribution is 7.10. The summed E-state index contributed by atoms with van der Waals surface area (Å²) in [6.07, 6.45) is 5.95. The van der Waals surface area contributed by atoms with Crippen molar-refractivity contribution in [1.29, 1.82) is 0 Å². The van der Waals surface area contributed by atoms with Gasteiger partial charge in [-0.25, -0.2) is 4.98 Å². The fourth-order valence-electron chi connectivity index (χ4n) is 4.34. The van der Waals surface area contributed by atoms with E-state index in [1.165, 1.54) is 34.7 Å². The summed E-state index contributed by atoms with van der Waals surface area (Å²) < 4.78 is 1.48. The quantitative estimate of drug-likeness (QED) is 0.516. The van der Waals surface area contributed by atoms with Crippen LogP contribution in [0.25, 0.3) is 11.0 Å². The van der Waals surface area contributed by atoms with Crippen molar-refractivity contribution in [1.82, 2.24) is 14.9 Å². The Morgan fingerprint density at radius 2 is 1.90 bits per heavy atom. The fraction of sp³-hybridized carbons (Fsp3) is 0.240. The Morgan fingerprint density at radius 3 is 2.74 bits per heavy atom. The minimum atomic E-state index is -0.282. The summed E-state index contributed by atoms with van der Waals surface area (Å²) in [7, 11) is 0. The first-order chi connectivity index (χ1) is 15.2. The third-order valence-electron chi connectivity index (χ3n) is 5.89. The van der Waals surface area contributed by atoms with Crippen molar-refractivity contribution in [2.75, 3.05) is 0 Å². The topological polar surface area (TPSA) is 64.0 Å². The van der Waals surface area contributed by atoms with Crippen molar-refractivity contribution in [2.45, 2.75) is 38.3 Å². The molecule has 2 aromatic heterocycles. The van der Waals surface area contributed by atoms with E-state index in [0.29, 0.717) is 11.0 Å². The molecule has 1 aliphatic carbocycles. The Bertz CT molecular complexity index is 1290. The molecule has 0 unspecified atom stereocenters. The Hall–Kier alpha value is -3.25. The van der Waals surface area contributed by atoms with Gasteiger partial charge in [-0.05, 0) is 66.0 Å². The molecule has 31 heavy (non-hydrogen) atoms. The maximum absolute atomic E-state index is 13.1. The normalized spacial score (nSPS) is 14.2. The van der Waals surface area contributed by atoms with Crippen LogP contribution in [0.5, 0.6) is 0 Å². The van der Waals surface area contributed by atoms with Gasteiger partial charge in [-0.2, -0.15) is 0 Å². The summed E-state index contributed by atoms with van der Waals surface area (Å²) in [5.74, 6) is -0.199. The van der Waals surface area contributed by atoms with Crippen molar-refractivity contribution in [2.24, 2.45) is 0 Å². The lowest BCUT2D eigenvalue weighted by molar-refractivity contribution is -0.122. The van der Waals surface area contributed by atoms with Crippen LogP contribution in [-0.4, -0.2) is 15.5 Å². The molecular formula is C25H23N3O2S. The van der Waals surface area contributed by atoms with Crippen molar-refractivity contribution < 1.29 is 4.79 Å². The van der Waals surface area contributed by atoms with Gasteiger partial charge in [0.1, 0.15) is 6.54 Å². The Labute approximate surface area is 184 Å². The van der Waals surface area contributed by atoms with E-state index in [9.17, 15) is 9.59 Å². The van der Waals surface area contributed by atoms with E-state index in [-0.39, 0.29) is 24.1 Å². The monoisotopic (exact) mass is 429 g/mol. The van der Waals surface area contributed by atoms with Gasteiger partial charge in [0, 0.05) is 4.88 Å². The smallest absolute Gasteiger partial charge is 0.269 e. The number of hydrogen-bond acceptors (Lipinski definition) is 4. The highest BCUT2D eigenvalue weighted by Crippen LogP contribution is 2.30. The predicted octanol–water partition coefficient (Wildman–Crippen LogP) is 4.24. The number of aryl methyl sites for hydroxylation is 2. The molecule has 0 spiro atoms. The number of thiophene rings is 1. The van der Waals surface area contributed by atoms with Crippen LogP contribution in [0.4, 0.5) is 0 Å². The zero-order valence-electron chi connectivity index (χ0n) is 17.1. The van der Waals surface area contributed by atoms with E-state index in [1.54, 1.807) is 11.3 Å². The molecule has 0 radical (unpaired) electrons. The standard InChI is InChI=1S/C25H23N3O2S/c29-23(16-28-21-9-4-3-8-20(21)26-15-24(28)30)27-25(22-10-5-13-31-22)19-12-11-17-6-1-2-7-18(17)14-19/h3-5,8-15,25H,1-2,6-7,16H2,(H,27,29)/t25-/m0/s1. The van der Waals surface area contributed by atoms with E-state index < -0.39 is 0 Å². The minimum Gasteiger partial charge on any atom is -0.343 e. The Morgan fingerprint density at radius 1 is 1.06 bits per heavy atom. The molecule has 1 aliphatic rings. The second-order valence-corrected chi connectivity index (χ2v) is 8.90. The van der Waals surface area contributed by atoms with E-state index in [4.69, 9.17) is 0 Å². The van der Waals surface area contributed by atoms with Crippen LogP contribution < -0.4 is 10.9 Å². The average Bonchev–Trinajstić information content (AvgIpc) is 3.34. The van der Waals surface area contributed by atoms with Gasteiger partial charge >= 0.3 is 0 Å². The Balaban J connectivity index is 1.45. The first-order valence-electron chi connectivity index (χ1n) is 10.6. The summed E-state index contributed by atoms with van der Waals surface area (Å²) in [6, 6.07) is 17.8. The van der Waals surface area contributed by atoms with E-state index in [0.717, 1.165) is 23.3 Å². The Kier molecular flexibility index (Phi) is 5.38. The van der Waals surface area contributed by atoms with E-state index in [1.807, 2.05) is 41.8 Å². The summed E-state index contributed by atoms with van der Waals surface area (Å²) in [4.78, 5) is 30.8. The van der Waals surface area contributed by atoms with Gasteiger partial charge < -0.3 is 5.32 Å². The number of fused-ring (bicyclic) bond motifs is 2. The molecule has 1 N–H and O–H groups in total. The lowest BCUT2D eigenvalue weighted by Gasteiger charge is -2.22. The second kappa shape index (κ2) is 8.47. The van der Waals surface area contributed by atoms with Crippen molar-refractivity contribution in [3.8, 4) is 0 Å². The zero-order chi connectivity index (χ0) is 21.2. The molecule has 2 heterocycles. The second-order valence-electron chi connectivity index (χ2n) is 7.92. The van der Waals surface area contributed by atoms with Crippen LogP contribution in [0.3, 0.4) is 0 Å². The first-order valence-corrected chi connectivity index (χ1v) is 11.5. The molecule has 5 rings (SSSR count).